The Labute approximate surface area is 123 Å². The fourth-order valence-electron chi connectivity index (χ4n) is 1.74. The third-order valence-corrected chi connectivity index (χ3v) is 3.33. The van der Waals surface area contributed by atoms with Crippen LogP contribution in [0, 0.1) is 5.82 Å². The average Bonchev–Trinajstić information content (AvgIpc) is 2.45. The molecule has 2 rings (SSSR count). The predicted molar refractivity (Wildman–Crippen MR) is 79.3 cm³/mol. The number of aromatic nitrogens is 2. The van der Waals surface area contributed by atoms with Crippen LogP contribution in [0.2, 0.25) is 0 Å². The van der Waals surface area contributed by atoms with Crippen molar-refractivity contribution in [1.29, 1.82) is 0 Å². The van der Waals surface area contributed by atoms with Gasteiger partial charge in [-0.25, -0.2) is 4.39 Å². The van der Waals surface area contributed by atoms with Gasteiger partial charge in [0.2, 0.25) is 0 Å². The smallest absolute Gasteiger partial charge is 0.272 e. The lowest BCUT2D eigenvalue weighted by atomic mass is 10.1. The maximum atomic E-state index is 13.2. The maximum absolute atomic E-state index is 13.2. The van der Waals surface area contributed by atoms with Gasteiger partial charge in [-0.1, -0.05) is 6.07 Å². The molecule has 5 heteroatoms. The second-order valence-corrected chi connectivity index (χ2v) is 5.86. The van der Waals surface area contributed by atoms with Gasteiger partial charge in [0.25, 0.3) is 5.91 Å². The molecule has 21 heavy (non-hydrogen) atoms. The Balaban J connectivity index is 2.25. The van der Waals surface area contributed by atoms with Crippen LogP contribution in [0.15, 0.2) is 36.8 Å². The normalized spacial score (nSPS) is 11.3. The van der Waals surface area contributed by atoms with Crippen molar-refractivity contribution in [2.45, 2.75) is 26.3 Å². The van der Waals surface area contributed by atoms with Gasteiger partial charge in [-0.15, -0.1) is 0 Å². The van der Waals surface area contributed by atoms with Gasteiger partial charge in [-0.3, -0.25) is 14.8 Å². The molecule has 2 aromatic heterocycles. The first-order valence-corrected chi connectivity index (χ1v) is 6.64. The van der Waals surface area contributed by atoms with E-state index in [-0.39, 0.29) is 11.4 Å². The number of nitrogens with zero attached hydrogens (tertiary/aromatic N) is 3. The van der Waals surface area contributed by atoms with E-state index in [1.807, 2.05) is 20.8 Å². The number of rotatable bonds is 2. The molecule has 0 aliphatic carbocycles. The minimum absolute atomic E-state index is 0.147. The Morgan fingerprint density at radius 3 is 2.38 bits per heavy atom. The first-order valence-electron chi connectivity index (χ1n) is 6.64. The van der Waals surface area contributed by atoms with Crippen molar-refractivity contribution in [3.63, 3.8) is 0 Å². The van der Waals surface area contributed by atoms with Crippen LogP contribution in [0.1, 0.15) is 31.3 Å². The molecule has 4 nitrogen and oxygen atoms in total. The number of amides is 1. The molecule has 2 aromatic rings. The summed E-state index contributed by atoms with van der Waals surface area (Å²) in [7, 11) is 1.74. The van der Waals surface area contributed by atoms with Gasteiger partial charge in [-0.05, 0) is 32.9 Å². The zero-order chi connectivity index (χ0) is 15.6. The zero-order valence-electron chi connectivity index (χ0n) is 12.6. The van der Waals surface area contributed by atoms with Crippen LogP contribution in [0.25, 0.3) is 11.1 Å². The lowest BCUT2D eigenvalue weighted by Gasteiger charge is -2.31. The highest BCUT2D eigenvalue weighted by Crippen LogP contribution is 2.19. The standard InChI is InChI=1S/C16H18FN3O/c1-16(2,3)20(4)15(21)14-6-5-11(9-19-14)12-7-13(17)10-18-8-12/h5-10H,1-4H3. The number of carbonyl (C=O) groups is 1. The summed E-state index contributed by atoms with van der Waals surface area (Å²) in [6, 6.07) is 4.77. The van der Waals surface area contributed by atoms with E-state index in [9.17, 15) is 9.18 Å². The number of carbonyl (C=O) groups excluding carboxylic acids is 1. The van der Waals surface area contributed by atoms with Crippen LogP contribution >= 0.6 is 0 Å². The van der Waals surface area contributed by atoms with Gasteiger partial charge >= 0.3 is 0 Å². The summed E-state index contributed by atoms with van der Waals surface area (Å²) >= 11 is 0. The van der Waals surface area contributed by atoms with Crippen molar-refractivity contribution in [2.75, 3.05) is 7.05 Å². The van der Waals surface area contributed by atoms with Crippen molar-refractivity contribution in [2.24, 2.45) is 0 Å². The monoisotopic (exact) mass is 287 g/mol. The fraction of sp³-hybridized carbons (Fsp3) is 0.312. The summed E-state index contributed by atoms with van der Waals surface area (Å²) < 4.78 is 13.2. The van der Waals surface area contributed by atoms with Crippen LogP contribution in [-0.2, 0) is 0 Å². The second kappa shape index (κ2) is 5.60. The zero-order valence-corrected chi connectivity index (χ0v) is 12.6. The Hall–Kier alpha value is -2.30. The average molecular weight is 287 g/mol. The third kappa shape index (κ3) is 3.42. The molecular formula is C16H18FN3O. The van der Waals surface area contributed by atoms with Crippen LogP contribution in [0.5, 0.6) is 0 Å². The highest BCUT2D eigenvalue weighted by Gasteiger charge is 2.24. The first-order chi connectivity index (χ1) is 9.79. The highest BCUT2D eigenvalue weighted by molar-refractivity contribution is 5.92. The Kier molecular flexibility index (Phi) is 4.02. The van der Waals surface area contributed by atoms with E-state index in [1.54, 1.807) is 36.5 Å². The molecule has 0 aliphatic rings. The molecule has 0 unspecified atom stereocenters. The fourth-order valence-corrected chi connectivity index (χ4v) is 1.74. The lowest BCUT2D eigenvalue weighted by molar-refractivity contribution is 0.0649. The van der Waals surface area contributed by atoms with Gasteiger partial charge in [0.05, 0.1) is 6.20 Å². The Morgan fingerprint density at radius 1 is 1.14 bits per heavy atom. The van der Waals surface area contributed by atoms with Gasteiger partial charge in [0.15, 0.2) is 0 Å². The predicted octanol–water partition coefficient (Wildman–Crippen LogP) is 3.15. The number of hydrogen-bond donors (Lipinski definition) is 0. The summed E-state index contributed by atoms with van der Waals surface area (Å²) in [4.78, 5) is 21.9. The van der Waals surface area contributed by atoms with Gasteiger partial charge in [-0.2, -0.15) is 0 Å². The molecule has 0 spiro atoms. The van der Waals surface area contributed by atoms with Crippen molar-refractivity contribution in [1.82, 2.24) is 14.9 Å². The van der Waals surface area contributed by atoms with Crippen LogP contribution < -0.4 is 0 Å². The van der Waals surface area contributed by atoms with Crippen molar-refractivity contribution >= 4 is 5.91 Å². The Morgan fingerprint density at radius 2 is 1.86 bits per heavy atom. The molecule has 0 fully saturated rings. The van der Waals surface area contributed by atoms with E-state index in [4.69, 9.17) is 0 Å². The molecule has 0 atom stereocenters. The maximum Gasteiger partial charge on any atom is 0.272 e. The summed E-state index contributed by atoms with van der Waals surface area (Å²) in [5.74, 6) is -0.550. The third-order valence-electron chi connectivity index (χ3n) is 3.33. The minimum Gasteiger partial charge on any atom is -0.336 e. The molecule has 1 amide bonds. The number of hydrogen-bond acceptors (Lipinski definition) is 3. The second-order valence-electron chi connectivity index (χ2n) is 5.86. The molecule has 0 bridgehead atoms. The molecule has 0 saturated carbocycles. The SMILES string of the molecule is CN(C(=O)c1ccc(-c2cncc(F)c2)cn1)C(C)(C)C. The molecule has 0 N–H and O–H groups in total. The molecule has 0 radical (unpaired) electrons. The molecule has 110 valence electrons. The number of halogens is 1. The van der Waals surface area contributed by atoms with Crippen molar-refractivity contribution < 1.29 is 9.18 Å². The number of pyridine rings is 2. The van der Waals surface area contributed by atoms with Crippen LogP contribution in [0.3, 0.4) is 0 Å². The minimum atomic E-state index is -0.403. The van der Waals surface area contributed by atoms with E-state index in [2.05, 4.69) is 9.97 Å². The molecule has 2 heterocycles. The molecule has 0 saturated heterocycles. The largest absolute Gasteiger partial charge is 0.336 e. The summed E-state index contributed by atoms with van der Waals surface area (Å²) in [6.45, 7) is 5.87. The Bertz CT molecular complexity index is 647. The molecule has 0 aliphatic heterocycles. The first kappa shape index (κ1) is 15.1. The van der Waals surface area contributed by atoms with E-state index in [0.29, 0.717) is 11.3 Å². The van der Waals surface area contributed by atoms with E-state index in [0.717, 1.165) is 11.8 Å². The van der Waals surface area contributed by atoms with Gasteiger partial charge in [0, 0.05) is 36.1 Å². The quantitative estimate of drug-likeness (QED) is 0.852. The molecular weight excluding hydrogens is 269 g/mol. The highest BCUT2D eigenvalue weighted by atomic mass is 19.1. The lowest BCUT2D eigenvalue weighted by Crippen LogP contribution is -2.42. The van der Waals surface area contributed by atoms with Gasteiger partial charge < -0.3 is 4.90 Å². The van der Waals surface area contributed by atoms with E-state index >= 15 is 0 Å². The van der Waals surface area contributed by atoms with Crippen LogP contribution in [0.4, 0.5) is 4.39 Å². The topological polar surface area (TPSA) is 46.1 Å². The summed E-state index contributed by atoms with van der Waals surface area (Å²) in [5.41, 5.74) is 1.44. The van der Waals surface area contributed by atoms with Crippen LogP contribution in [-0.4, -0.2) is 33.4 Å². The van der Waals surface area contributed by atoms with Gasteiger partial charge in [0.1, 0.15) is 11.5 Å². The summed E-state index contributed by atoms with van der Waals surface area (Å²) in [5, 5.41) is 0. The van der Waals surface area contributed by atoms with Crippen molar-refractivity contribution in [3.05, 3.63) is 48.3 Å². The van der Waals surface area contributed by atoms with E-state index < -0.39 is 5.82 Å². The van der Waals surface area contributed by atoms with E-state index in [1.165, 1.54) is 6.07 Å². The van der Waals surface area contributed by atoms with Crippen molar-refractivity contribution in [3.8, 4) is 11.1 Å². The molecule has 0 aromatic carbocycles. The summed E-state index contributed by atoms with van der Waals surface area (Å²) in [6.07, 6.45) is 4.26.